The molecule has 1 aromatic carbocycles. The van der Waals surface area contributed by atoms with Crippen LogP contribution in [-0.2, 0) is 10.0 Å². The van der Waals surface area contributed by atoms with Crippen LogP contribution >= 0.6 is 23.2 Å². The fraction of sp³-hybridized carbons (Fsp3) is 0.0769. The van der Waals surface area contributed by atoms with Crippen LogP contribution in [0.1, 0.15) is 11.1 Å². The van der Waals surface area contributed by atoms with Gasteiger partial charge >= 0.3 is 0 Å². The maximum absolute atomic E-state index is 12.0. The van der Waals surface area contributed by atoms with E-state index in [0.717, 1.165) is 5.56 Å². The zero-order chi connectivity index (χ0) is 15.5. The first-order valence-electron chi connectivity index (χ1n) is 5.82. The molecule has 0 aliphatic carbocycles. The molecule has 5 nitrogen and oxygen atoms in total. The largest absolute Gasteiger partial charge is 0.276 e. The van der Waals surface area contributed by atoms with Gasteiger partial charge in [0.05, 0.1) is 21.7 Å². The number of hydrogen-bond donors (Lipinski definition) is 1. The summed E-state index contributed by atoms with van der Waals surface area (Å²) in [6, 6.07) is 7.93. The third-order valence-electron chi connectivity index (χ3n) is 2.59. The minimum atomic E-state index is -3.73. The van der Waals surface area contributed by atoms with Gasteiger partial charge in [-0.05, 0) is 25.1 Å². The average Bonchev–Trinajstić information content (AvgIpc) is 2.42. The van der Waals surface area contributed by atoms with Gasteiger partial charge in [-0.15, -0.1) is 0 Å². The van der Waals surface area contributed by atoms with Crippen molar-refractivity contribution < 1.29 is 8.42 Å². The van der Waals surface area contributed by atoms with Crippen molar-refractivity contribution in [2.75, 3.05) is 0 Å². The van der Waals surface area contributed by atoms with Crippen LogP contribution in [0.25, 0.3) is 0 Å². The number of nitrogens with zero attached hydrogens (tertiary/aromatic N) is 2. The normalized spacial score (nSPS) is 11.8. The summed E-state index contributed by atoms with van der Waals surface area (Å²) >= 11 is 11.8. The molecule has 0 saturated carbocycles. The minimum absolute atomic E-state index is 0.119. The first-order chi connectivity index (χ1) is 9.90. The predicted octanol–water partition coefficient (Wildman–Crippen LogP) is 3.01. The van der Waals surface area contributed by atoms with Gasteiger partial charge in [0.25, 0.3) is 10.0 Å². The van der Waals surface area contributed by atoms with E-state index in [-0.39, 0.29) is 10.0 Å². The van der Waals surface area contributed by atoms with Crippen molar-refractivity contribution >= 4 is 39.4 Å². The smallest absolute Gasteiger partial charge is 0.244 e. The van der Waals surface area contributed by atoms with Gasteiger partial charge in [0.2, 0.25) is 0 Å². The van der Waals surface area contributed by atoms with Crippen LogP contribution in [-0.4, -0.2) is 19.6 Å². The van der Waals surface area contributed by atoms with Crippen molar-refractivity contribution in [1.29, 1.82) is 0 Å². The highest BCUT2D eigenvalue weighted by molar-refractivity contribution is 7.89. The van der Waals surface area contributed by atoms with Crippen molar-refractivity contribution in [3.8, 4) is 0 Å². The molecule has 0 aliphatic heterocycles. The second-order valence-electron chi connectivity index (χ2n) is 4.16. The fourth-order valence-corrected chi connectivity index (χ4v) is 2.71. The zero-order valence-electron chi connectivity index (χ0n) is 10.9. The van der Waals surface area contributed by atoms with E-state index in [4.69, 9.17) is 23.2 Å². The molecule has 0 saturated heterocycles. The SMILES string of the molecule is Cc1ccc(S(=O)(=O)N/N=C/c2c(Cl)ccnc2Cl)cc1. The molecule has 0 bridgehead atoms. The third kappa shape index (κ3) is 3.93. The number of hydrazone groups is 1. The van der Waals surface area contributed by atoms with E-state index >= 15 is 0 Å². The number of benzene rings is 1. The summed E-state index contributed by atoms with van der Waals surface area (Å²) in [5.74, 6) is 0. The Morgan fingerprint density at radius 2 is 1.86 bits per heavy atom. The van der Waals surface area contributed by atoms with Crippen molar-refractivity contribution in [2.24, 2.45) is 5.10 Å². The van der Waals surface area contributed by atoms with Gasteiger partial charge < -0.3 is 0 Å². The quantitative estimate of drug-likeness (QED) is 0.526. The number of pyridine rings is 1. The van der Waals surface area contributed by atoms with Crippen LogP contribution in [0.2, 0.25) is 10.2 Å². The highest BCUT2D eigenvalue weighted by Crippen LogP contribution is 2.19. The maximum atomic E-state index is 12.0. The van der Waals surface area contributed by atoms with Crippen molar-refractivity contribution in [1.82, 2.24) is 9.82 Å². The highest BCUT2D eigenvalue weighted by atomic mass is 35.5. The lowest BCUT2D eigenvalue weighted by Crippen LogP contribution is -2.18. The van der Waals surface area contributed by atoms with Crippen LogP contribution in [0.4, 0.5) is 0 Å². The lowest BCUT2D eigenvalue weighted by atomic mass is 10.2. The summed E-state index contributed by atoms with van der Waals surface area (Å²) in [7, 11) is -3.73. The lowest BCUT2D eigenvalue weighted by Gasteiger charge is -2.04. The monoisotopic (exact) mass is 343 g/mol. The molecule has 0 spiro atoms. The molecule has 2 rings (SSSR count). The second kappa shape index (κ2) is 6.43. The number of hydrogen-bond acceptors (Lipinski definition) is 4. The first-order valence-corrected chi connectivity index (χ1v) is 8.05. The Labute approximate surface area is 132 Å². The van der Waals surface area contributed by atoms with Gasteiger partial charge in [-0.3, -0.25) is 0 Å². The van der Waals surface area contributed by atoms with Crippen LogP contribution in [0.15, 0.2) is 46.5 Å². The molecule has 0 fully saturated rings. The summed E-state index contributed by atoms with van der Waals surface area (Å²) in [6.07, 6.45) is 2.65. The van der Waals surface area contributed by atoms with E-state index in [1.54, 1.807) is 12.1 Å². The molecule has 0 radical (unpaired) electrons. The highest BCUT2D eigenvalue weighted by Gasteiger charge is 2.12. The molecule has 0 unspecified atom stereocenters. The van der Waals surface area contributed by atoms with Gasteiger partial charge in [0.1, 0.15) is 5.15 Å². The van der Waals surface area contributed by atoms with Gasteiger partial charge in [-0.2, -0.15) is 13.5 Å². The lowest BCUT2D eigenvalue weighted by molar-refractivity contribution is 0.584. The summed E-state index contributed by atoms with van der Waals surface area (Å²) in [6.45, 7) is 1.87. The molecule has 1 aromatic heterocycles. The van der Waals surface area contributed by atoms with E-state index in [1.807, 2.05) is 6.92 Å². The van der Waals surface area contributed by atoms with Crippen molar-refractivity contribution in [3.05, 3.63) is 57.8 Å². The third-order valence-corrected chi connectivity index (χ3v) is 4.46. The summed E-state index contributed by atoms with van der Waals surface area (Å²) < 4.78 is 24.0. The Kier molecular flexibility index (Phi) is 4.82. The Morgan fingerprint density at radius 1 is 1.19 bits per heavy atom. The van der Waals surface area contributed by atoms with E-state index in [9.17, 15) is 8.42 Å². The Balaban J connectivity index is 2.19. The Hall–Kier alpha value is -1.63. The molecule has 1 N–H and O–H groups in total. The summed E-state index contributed by atoms with van der Waals surface area (Å²) in [4.78, 5) is 6.05. The molecule has 0 amide bonds. The van der Waals surface area contributed by atoms with Gasteiger partial charge in [-0.1, -0.05) is 40.9 Å². The number of nitrogens with one attached hydrogen (secondary N) is 1. The molecule has 0 atom stereocenters. The zero-order valence-corrected chi connectivity index (χ0v) is 13.2. The topological polar surface area (TPSA) is 71.4 Å². The van der Waals surface area contributed by atoms with E-state index in [1.165, 1.54) is 30.6 Å². The Morgan fingerprint density at radius 3 is 2.48 bits per heavy atom. The number of aromatic nitrogens is 1. The summed E-state index contributed by atoms with van der Waals surface area (Å²) in [5.41, 5.74) is 1.30. The number of halogens is 2. The minimum Gasteiger partial charge on any atom is -0.244 e. The Bertz CT molecular complexity index is 754. The average molecular weight is 344 g/mol. The second-order valence-corrected chi connectivity index (χ2v) is 6.59. The number of rotatable bonds is 4. The van der Waals surface area contributed by atoms with Crippen molar-refractivity contribution in [3.63, 3.8) is 0 Å². The maximum Gasteiger partial charge on any atom is 0.276 e. The summed E-state index contributed by atoms with van der Waals surface area (Å²) in [5, 5.41) is 4.13. The molecular weight excluding hydrogens is 333 g/mol. The molecular formula is C13H11Cl2N3O2S. The number of aryl methyl sites for hydroxylation is 1. The van der Waals surface area contributed by atoms with Gasteiger partial charge in [0, 0.05) is 6.20 Å². The molecule has 1 heterocycles. The molecule has 110 valence electrons. The first kappa shape index (κ1) is 15.8. The molecule has 21 heavy (non-hydrogen) atoms. The van der Waals surface area contributed by atoms with Crippen LogP contribution < -0.4 is 4.83 Å². The standard InChI is InChI=1S/C13H11Cl2N3O2S/c1-9-2-4-10(5-3-9)21(19,20)18-17-8-11-12(14)6-7-16-13(11)15/h2-8,18H,1H3/b17-8+. The fourth-order valence-electron chi connectivity index (χ4n) is 1.47. The van der Waals surface area contributed by atoms with E-state index in [2.05, 4.69) is 14.9 Å². The molecule has 8 heteroatoms. The van der Waals surface area contributed by atoms with E-state index < -0.39 is 10.0 Å². The number of sulfonamides is 1. The van der Waals surface area contributed by atoms with Gasteiger partial charge in [-0.25, -0.2) is 9.82 Å². The van der Waals surface area contributed by atoms with Crippen molar-refractivity contribution in [2.45, 2.75) is 11.8 Å². The van der Waals surface area contributed by atoms with Gasteiger partial charge in [0.15, 0.2) is 0 Å². The van der Waals surface area contributed by atoms with Crippen LogP contribution in [0, 0.1) is 6.92 Å². The van der Waals surface area contributed by atoms with Crippen LogP contribution in [0.5, 0.6) is 0 Å². The molecule has 0 aliphatic rings. The predicted molar refractivity (Wildman–Crippen MR) is 83.4 cm³/mol. The van der Waals surface area contributed by atoms with E-state index in [0.29, 0.717) is 10.6 Å². The molecule has 2 aromatic rings. The van der Waals surface area contributed by atoms with Crippen LogP contribution in [0.3, 0.4) is 0 Å².